The summed E-state index contributed by atoms with van der Waals surface area (Å²) in [6.45, 7) is 9.51. The van der Waals surface area contributed by atoms with E-state index in [-0.39, 0.29) is 17.9 Å². The van der Waals surface area contributed by atoms with Gasteiger partial charge in [0.15, 0.2) is 5.82 Å². The summed E-state index contributed by atoms with van der Waals surface area (Å²) in [7, 11) is 0. The minimum atomic E-state index is -0.341. The number of carbonyl (C=O) groups is 1. The van der Waals surface area contributed by atoms with Crippen molar-refractivity contribution in [3.8, 4) is 39.8 Å². The lowest BCUT2D eigenvalue weighted by atomic mass is 10.1. The SMILES string of the molecule is Cc1nc(-c2cn3c(n2)-c2ccc(-c4cnn(CC(C)C(N)=O)c4)cc2OCC3)n(C(C)C)n1. The third-order valence-corrected chi connectivity index (χ3v) is 5.96. The van der Waals surface area contributed by atoms with Crippen LogP contribution in [0.4, 0.5) is 0 Å². The summed E-state index contributed by atoms with van der Waals surface area (Å²) < 4.78 is 11.8. The number of fused-ring (bicyclic) bond motifs is 3. The quantitative estimate of drug-likeness (QED) is 0.472. The van der Waals surface area contributed by atoms with Crippen LogP contribution in [-0.4, -0.2) is 46.6 Å². The van der Waals surface area contributed by atoms with Crippen molar-refractivity contribution in [2.24, 2.45) is 11.7 Å². The topological polar surface area (TPSA) is 119 Å². The summed E-state index contributed by atoms with van der Waals surface area (Å²) in [4.78, 5) is 20.9. The van der Waals surface area contributed by atoms with Crippen LogP contribution < -0.4 is 10.5 Å². The van der Waals surface area contributed by atoms with Crippen LogP contribution in [0.2, 0.25) is 0 Å². The molecule has 34 heavy (non-hydrogen) atoms. The molecule has 0 spiro atoms. The molecule has 1 aliphatic rings. The number of imidazole rings is 1. The number of hydrogen-bond donors (Lipinski definition) is 1. The average Bonchev–Trinajstić information content (AvgIpc) is 3.50. The number of benzene rings is 1. The Morgan fingerprint density at radius 1 is 1.15 bits per heavy atom. The molecule has 1 amide bonds. The number of ether oxygens (including phenoxy) is 1. The van der Waals surface area contributed by atoms with Crippen LogP contribution in [-0.2, 0) is 17.9 Å². The van der Waals surface area contributed by atoms with Gasteiger partial charge in [0.25, 0.3) is 0 Å². The van der Waals surface area contributed by atoms with E-state index < -0.39 is 0 Å². The fraction of sp³-hybridized carbons (Fsp3) is 0.375. The van der Waals surface area contributed by atoms with Gasteiger partial charge in [-0.05, 0) is 38.5 Å². The standard InChI is InChI=1S/C24H28N8O2/c1-14(2)32-24(27-16(4)29-32)20-13-30-7-8-34-21-9-17(5-6-19(21)23(30)28-20)18-10-26-31(12-18)11-15(3)22(25)33/h5-6,9-10,12-15H,7-8,11H2,1-4H3,(H2,25,33). The van der Waals surface area contributed by atoms with Gasteiger partial charge in [0.2, 0.25) is 5.91 Å². The van der Waals surface area contributed by atoms with Gasteiger partial charge < -0.3 is 15.0 Å². The summed E-state index contributed by atoms with van der Waals surface area (Å²) in [6, 6.07) is 6.26. The van der Waals surface area contributed by atoms with E-state index in [1.54, 1.807) is 17.8 Å². The second-order valence-corrected chi connectivity index (χ2v) is 8.98. The molecule has 5 rings (SSSR count). The maximum atomic E-state index is 11.4. The first kappa shape index (κ1) is 21.9. The van der Waals surface area contributed by atoms with E-state index in [2.05, 4.69) is 33.6 Å². The molecular weight excluding hydrogens is 432 g/mol. The Labute approximate surface area is 197 Å². The van der Waals surface area contributed by atoms with E-state index in [1.807, 2.05) is 42.2 Å². The van der Waals surface area contributed by atoms with Crippen LogP contribution in [0, 0.1) is 12.8 Å². The zero-order chi connectivity index (χ0) is 24.0. The normalized spacial score (nSPS) is 13.8. The number of nitrogens with zero attached hydrogens (tertiary/aromatic N) is 7. The third-order valence-electron chi connectivity index (χ3n) is 5.96. The van der Waals surface area contributed by atoms with Gasteiger partial charge >= 0.3 is 0 Å². The summed E-state index contributed by atoms with van der Waals surface area (Å²) in [5, 5.41) is 8.91. The molecule has 1 aromatic carbocycles. The molecule has 1 atom stereocenters. The van der Waals surface area contributed by atoms with Gasteiger partial charge in [-0.3, -0.25) is 9.48 Å². The van der Waals surface area contributed by atoms with Crippen molar-refractivity contribution in [1.82, 2.24) is 34.1 Å². The van der Waals surface area contributed by atoms with Crippen molar-refractivity contribution < 1.29 is 9.53 Å². The minimum absolute atomic E-state index is 0.183. The molecule has 1 aliphatic heterocycles. The number of amides is 1. The van der Waals surface area contributed by atoms with Crippen molar-refractivity contribution in [3.63, 3.8) is 0 Å². The number of rotatable bonds is 6. The number of aromatic nitrogens is 7. The van der Waals surface area contributed by atoms with E-state index in [4.69, 9.17) is 15.5 Å². The third kappa shape index (κ3) is 3.95. The van der Waals surface area contributed by atoms with Crippen molar-refractivity contribution >= 4 is 5.91 Å². The van der Waals surface area contributed by atoms with E-state index >= 15 is 0 Å². The van der Waals surface area contributed by atoms with Gasteiger partial charge in [0.05, 0.1) is 30.8 Å². The summed E-state index contributed by atoms with van der Waals surface area (Å²) >= 11 is 0. The molecule has 3 aromatic heterocycles. The lowest BCUT2D eigenvalue weighted by molar-refractivity contribution is -0.121. The molecule has 4 heterocycles. The molecule has 1 unspecified atom stereocenters. The van der Waals surface area contributed by atoms with Gasteiger partial charge in [0, 0.05) is 24.0 Å². The smallest absolute Gasteiger partial charge is 0.222 e. The Hall–Kier alpha value is -3.95. The predicted molar refractivity (Wildman–Crippen MR) is 127 cm³/mol. The lowest BCUT2D eigenvalue weighted by Crippen LogP contribution is -2.24. The van der Waals surface area contributed by atoms with Gasteiger partial charge in [-0.25, -0.2) is 14.6 Å². The van der Waals surface area contributed by atoms with Crippen LogP contribution in [0.1, 0.15) is 32.6 Å². The van der Waals surface area contributed by atoms with Crippen LogP contribution in [0.5, 0.6) is 5.75 Å². The minimum Gasteiger partial charge on any atom is -0.491 e. The molecule has 0 aliphatic carbocycles. The maximum Gasteiger partial charge on any atom is 0.222 e. The number of carbonyl (C=O) groups excluding carboxylic acids is 1. The van der Waals surface area contributed by atoms with Crippen LogP contribution >= 0.6 is 0 Å². The molecule has 2 N–H and O–H groups in total. The van der Waals surface area contributed by atoms with Crippen molar-refractivity contribution in [1.29, 1.82) is 0 Å². The molecule has 0 saturated carbocycles. The first-order valence-electron chi connectivity index (χ1n) is 11.4. The predicted octanol–water partition coefficient (Wildman–Crippen LogP) is 3.08. The highest BCUT2D eigenvalue weighted by atomic mass is 16.5. The lowest BCUT2D eigenvalue weighted by Gasteiger charge is -2.09. The number of primary amides is 1. The molecule has 0 saturated heterocycles. The highest BCUT2D eigenvalue weighted by Crippen LogP contribution is 2.37. The number of hydrogen-bond acceptors (Lipinski definition) is 6. The Morgan fingerprint density at radius 2 is 1.97 bits per heavy atom. The van der Waals surface area contributed by atoms with Crippen molar-refractivity contribution in [3.05, 3.63) is 42.6 Å². The van der Waals surface area contributed by atoms with Crippen molar-refractivity contribution in [2.75, 3.05) is 6.61 Å². The van der Waals surface area contributed by atoms with Gasteiger partial charge in [-0.2, -0.15) is 10.2 Å². The molecule has 0 bridgehead atoms. The number of nitrogens with two attached hydrogens (primary N) is 1. The zero-order valence-electron chi connectivity index (χ0n) is 19.8. The Morgan fingerprint density at radius 3 is 2.74 bits per heavy atom. The highest BCUT2D eigenvalue weighted by Gasteiger charge is 2.23. The number of aryl methyl sites for hydroxylation is 1. The molecule has 4 aromatic rings. The molecule has 0 radical (unpaired) electrons. The first-order valence-corrected chi connectivity index (χ1v) is 11.4. The highest BCUT2D eigenvalue weighted by molar-refractivity contribution is 5.76. The Balaban J connectivity index is 1.48. The zero-order valence-corrected chi connectivity index (χ0v) is 19.8. The van der Waals surface area contributed by atoms with Crippen LogP contribution in [0.3, 0.4) is 0 Å². The first-order chi connectivity index (χ1) is 16.3. The maximum absolute atomic E-state index is 11.4. The fourth-order valence-electron chi connectivity index (χ4n) is 4.12. The van der Waals surface area contributed by atoms with E-state index in [0.717, 1.165) is 45.6 Å². The Kier molecular flexibility index (Phi) is 5.43. The summed E-state index contributed by atoms with van der Waals surface area (Å²) in [6.07, 6.45) is 5.72. The van der Waals surface area contributed by atoms with Crippen LogP contribution in [0.25, 0.3) is 34.0 Å². The second-order valence-electron chi connectivity index (χ2n) is 8.98. The van der Waals surface area contributed by atoms with Crippen molar-refractivity contribution in [2.45, 2.75) is 46.8 Å². The van der Waals surface area contributed by atoms with E-state index in [1.165, 1.54) is 0 Å². The molecule has 0 fully saturated rings. The average molecular weight is 461 g/mol. The summed E-state index contributed by atoms with van der Waals surface area (Å²) in [5.41, 5.74) is 9.02. The van der Waals surface area contributed by atoms with Crippen LogP contribution in [0.15, 0.2) is 36.8 Å². The van der Waals surface area contributed by atoms with Gasteiger partial charge in [-0.1, -0.05) is 13.0 Å². The molecule has 10 nitrogen and oxygen atoms in total. The summed E-state index contributed by atoms with van der Waals surface area (Å²) in [5.74, 6) is 2.48. The van der Waals surface area contributed by atoms with E-state index in [0.29, 0.717) is 19.7 Å². The largest absolute Gasteiger partial charge is 0.491 e. The molecule has 176 valence electrons. The fourth-order valence-corrected chi connectivity index (χ4v) is 4.12. The Bertz CT molecular complexity index is 1360. The van der Waals surface area contributed by atoms with Gasteiger partial charge in [0.1, 0.15) is 29.7 Å². The van der Waals surface area contributed by atoms with E-state index in [9.17, 15) is 4.79 Å². The second kappa shape index (κ2) is 8.44. The van der Waals surface area contributed by atoms with Gasteiger partial charge in [-0.15, -0.1) is 0 Å². The monoisotopic (exact) mass is 460 g/mol. The molecule has 10 heteroatoms. The molecular formula is C24H28N8O2.